The van der Waals surface area contributed by atoms with Crippen LogP contribution in [0.2, 0.25) is 0 Å². The van der Waals surface area contributed by atoms with E-state index in [1.807, 2.05) is 36.1 Å². The molecule has 27 heavy (non-hydrogen) atoms. The molecule has 0 spiro atoms. The molecule has 2 heterocycles. The summed E-state index contributed by atoms with van der Waals surface area (Å²) in [6, 6.07) is 15.5. The monoisotopic (exact) mass is 363 g/mol. The number of ether oxygens (including phenoxy) is 1. The van der Waals surface area contributed by atoms with Crippen LogP contribution in [0.15, 0.2) is 54.9 Å². The largest absolute Gasteiger partial charge is 0.494 e. The van der Waals surface area contributed by atoms with Gasteiger partial charge in [-0.1, -0.05) is 42.0 Å². The standard InChI is InChI=1S/C20H21N5O2/c1-3-27-17-10-8-16(9-11-17)18-19(25-13-21-22-23-25)20(26)24(18)12-15-6-4-14(2)5-7-15/h4-11,13,18-19H,3,12H2,1-2H3/t18-,19+/m1/s1. The molecule has 0 N–H and O–H groups in total. The molecule has 1 saturated heterocycles. The van der Waals surface area contributed by atoms with Gasteiger partial charge >= 0.3 is 0 Å². The van der Waals surface area contributed by atoms with Gasteiger partial charge in [0.25, 0.3) is 5.91 Å². The smallest absolute Gasteiger partial charge is 0.251 e. The summed E-state index contributed by atoms with van der Waals surface area (Å²) in [6.45, 7) is 5.17. The first-order valence-electron chi connectivity index (χ1n) is 8.98. The van der Waals surface area contributed by atoms with Crippen LogP contribution in [-0.4, -0.2) is 37.6 Å². The van der Waals surface area contributed by atoms with Gasteiger partial charge < -0.3 is 9.64 Å². The molecule has 0 radical (unpaired) electrons. The Labute approximate surface area is 157 Å². The highest BCUT2D eigenvalue weighted by Gasteiger charge is 2.49. The second-order valence-corrected chi connectivity index (χ2v) is 6.63. The number of carbonyl (C=O) groups excluding carboxylic acids is 1. The summed E-state index contributed by atoms with van der Waals surface area (Å²) in [4.78, 5) is 14.7. The average molecular weight is 363 g/mol. The molecule has 3 aromatic rings. The van der Waals surface area contributed by atoms with Gasteiger partial charge in [0.1, 0.15) is 12.1 Å². The Morgan fingerprint density at radius 3 is 2.41 bits per heavy atom. The topological polar surface area (TPSA) is 73.1 Å². The molecule has 0 saturated carbocycles. The number of likely N-dealkylation sites (tertiary alicyclic amines) is 1. The van der Waals surface area contributed by atoms with Crippen LogP contribution in [0.5, 0.6) is 5.75 Å². The highest BCUT2D eigenvalue weighted by atomic mass is 16.5. The Kier molecular flexibility index (Phi) is 4.58. The third-order valence-electron chi connectivity index (χ3n) is 4.83. The summed E-state index contributed by atoms with van der Waals surface area (Å²) in [5, 5.41) is 11.3. The summed E-state index contributed by atoms with van der Waals surface area (Å²) in [6.07, 6.45) is 1.49. The fraction of sp³-hybridized carbons (Fsp3) is 0.300. The van der Waals surface area contributed by atoms with Crippen molar-refractivity contribution in [2.24, 2.45) is 0 Å². The molecule has 1 aliphatic heterocycles. The van der Waals surface area contributed by atoms with Gasteiger partial charge in [0, 0.05) is 6.54 Å². The van der Waals surface area contributed by atoms with Crippen molar-refractivity contribution in [3.05, 3.63) is 71.5 Å². The van der Waals surface area contributed by atoms with Crippen LogP contribution in [0.3, 0.4) is 0 Å². The van der Waals surface area contributed by atoms with E-state index >= 15 is 0 Å². The Bertz CT molecular complexity index is 907. The van der Waals surface area contributed by atoms with Crippen molar-refractivity contribution in [1.82, 2.24) is 25.1 Å². The predicted octanol–water partition coefficient (Wildman–Crippen LogP) is 2.71. The van der Waals surface area contributed by atoms with E-state index in [1.54, 1.807) is 0 Å². The number of aryl methyl sites for hydroxylation is 1. The second kappa shape index (κ2) is 7.19. The fourth-order valence-electron chi connectivity index (χ4n) is 3.44. The van der Waals surface area contributed by atoms with Crippen molar-refractivity contribution in [3.8, 4) is 5.75 Å². The summed E-state index contributed by atoms with van der Waals surface area (Å²) >= 11 is 0. The number of hydrogen-bond donors (Lipinski definition) is 0. The minimum Gasteiger partial charge on any atom is -0.494 e. The summed E-state index contributed by atoms with van der Waals surface area (Å²) in [7, 11) is 0. The van der Waals surface area contributed by atoms with Crippen molar-refractivity contribution in [2.45, 2.75) is 32.5 Å². The van der Waals surface area contributed by atoms with Crippen LogP contribution in [0.1, 0.15) is 35.7 Å². The molecule has 0 unspecified atom stereocenters. The summed E-state index contributed by atoms with van der Waals surface area (Å²) in [5.41, 5.74) is 3.33. The van der Waals surface area contributed by atoms with Crippen LogP contribution in [0, 0.1) is 6.92 Å². The number of benzene rings is 2. The van der Waals surface area contributed by atoms with E-state index in [9.17, 15) is 4.79 Å². The molecule has 0 bridgehead atoms. The minimum atomic E-state index is -0.427. The molecule has 1 aromatic heterocycles. The third-order valence-corrected chi connectivity index (χ3v) is 4.83. The maximum Gasteiger partial charge on any atom is 0.251 e. The highest BCUT2D eigenvalue weighted by Crippen LogP contribution is 2.44. The van der Waals surface area contributed by atoms with Crippen LogP contribution in [0.4, 0.5) is 0 Å². The average Bonchev–Trinajstić information content (AvgIpc) is 3.20. The van der Waals surface area contributed by atoms with Crippen molar-refractivity contribution in [3.63, 3.8) is 0 Å². The number of nitrogens with zero attached hydrogens (tertiary/aromatic N) is 5. The first kappa shape index (κ1) is 17.2. The lowest BCUT2D eigenvalue weighted by Gasteiger charge is -2.47. The quantitative estimate of drug-likeness (QED) is 0.630. The SMILES string of the molecule is CCOc1ccc([C@@H]2[C@H](n3cnnn3)C(=O)N2Cc2ccc(C)cc2)cc1. The molecule has 4 rings (SSSR count). The van der Waals surface area contributed by atoms with Gasteiger partial charge in [0.15, 0.2) is 6.04 Å². The Hall–Kier alpha value is -3.22. The van der Waals surface area contributed by atoms with E-state index in [4.69, 9.17) is 4.74 Å². The Balaban J connectivity index is 1.63. The number of tetrazole rings is 1. The number of amides is 1. The number of rotatable bonds is 6. The fourth-order valence-corrected chi connectivity index (χ4v) is 3.44. The normalized spacial score (nSPS) is 19.0. The van der Waals surface area contributed by atoms with E-state index in [-0.39, 0.29) is 11.9 Å². The van der Waals surface area contributed by atoms with Crippen molar-refractivity contribution in [1.29, 1.82) is 0 Å². The molecule has 2 aromatic carbocycles. The van der Waals surface area contributed by atoms with Gasteiger partial charge in [-0.05, 0) is 47.5 Å². The number of carbonyl (C=O) groups is 1. The number of β-lactam (4-membered cyclic amide) rings is 1. The Morgan fingerprint density at radius 2 is 1.78 bits per heavy atom. The number of hydrogen-bond acceptors (Lipinski definition) is 5. The minimum absolute atomic E-state index is 0.0155. The molecule has 0 aliphatic carbocycles. The van der Waals surface area contributed by atoms with E-state index in [0.29, 0.717) is 13.2 Å². The lowest BCUT2D eigenvalue weighted by atomic mass is 9.88. The maximum atomic E-state index is 12.9. The van der Waals surface area contributed by atoms with Gasteiger partial charge in [0.2, 0.25) is 0 Å². The van der Waals surface area contributed by atoms with Crippen molar-refractivity contribution >= 4 is 5.91 Å². The molecule has 1 aliphatic rings. The predicted molar refractivity (Wildman–Crippen MR) is 98.9 cm³/mol. The molecular weight excluding hydrogens is 342 g/mol. The van der Waals surface area contributed by atoms with Crippen LogP contribution < -0.4 is 4.74 Å². The molecule has 2 atom stereocenters. The first-order valence-corrected chi connectivity index (χ1v) is 8.98. The summed E-state index contributed by atoms with van der Waals surface area (Å²) in [5.74, 6) is 0.831. The zero-order chi connectivity index (χ0) is 18.8. The molecular formula is C20H21N5O2. The number of aromatic nitrogens is 4. The summed E-state index contributed by atoms with van der Waals surface area (Å²) < 4.78 is 7.06. The van der Waals surface area contributed by atoms with Gasteiger partial charge in [-0.3, -0.25) is 4.79 Å². The van der Waals surface area contributed by atoms with Crippen molar-refractivity contribution < 1.29 is 9.53 Å². The third kappa shape index (κ3) is 3.28. The van der Waals surface area contributed by atoms with E-state index in [0.717, 1.165) is 16.9 Å². The van der Waals surface area contributed by atoms with Crippen LogP contribution in [0.25, 0.3) is 0 Å². The van der Waals surface area contributed by atoms with Gasteiger partial charge in [-0.25, -0.2) is 4.68 Å². The van der Waals surface area contributed by atoms with Gasteiger partial charge in [0.05, 0.1) is 12.6 Å². The Morgan fingerprint density at radius 1 is 1.04 bits per heavy atom. The van der Waals surface area contributed by atoms with Gasteiger partial charge in [-0.2, -0.15) is 0 Å². The lowest BCUT2D eigenvalue weighted by molar-refractivity contribution is -0.157. The van der Waals surface area contributed by atoms with Gasteiger partial charge in [-0.15, -0.1) is 5.10 Å². The molecule has 7 nitrogen and oxygen atoms in total. The van der Waals surface area contributed by atoms with E-state index in [2.05, 4.69) is 46.7 Å². The second-order valence-electron chi connectivity index (χ2n) is 6.63. The van der Waals surface area contributed by atoms with E-state index < -0.39 is 6.04 Å². The molecule has 138 valence electrons. The van der Waals surface area contributed by atoms with Crippen molar-refractivity contribution in [2.75, 3.05) is 6.61 Å². The zero-order valence-corrected chi connectivity index (χ0v) is 15.3. The van der Waals surface area contributed by atoms with E-state index in [1.165, 1.54) is 16.6 Å². The first-order chi connectivity index (χ1) is 13.2. The van der Waals surface area contributed by atoms with Crippen LogP contribution in [-0.2, 0) is 11.3 Å². The zero-order valence-electron chi connectivity index (χ0n) is 15.3. The maximum absolute atomic E-state index is 12.9. The molecule has 1 amide bonds. The molecule has 7 heteroatoms. The lowest BCUT2D eigenvalue weighted by Crippen LogP contribution is -2.55. The van der Waals surface area contributed by atoms with Crippen LogP contribution >= 0.6 is 0 Å². The highest BCUT2D eigenvalue weighted by molar-refractivity contribution is 5.88. The molecule has 1 fully saturated rings.